The van der Waals surface area contributed by atoms with Crippen LogP contribution in [0.3, 0.4) is 0 Å². The molecule has 7 nitrogen and oxygen atoms in total. The molecule has 8 heteroatoms. The summed E-state index contributed by atoms with van der Waals surface area (Å²) in [5.41, 5.74) is 1.02. The van der Waals surface area contributed by atoms with Crippen molar-refractivity contribution in [3.63, 3.8) is 0 Å². The molecule has 3 amide bonds. The molecule has 1 aromatic carbocycles. The Bertz CT molecular complexity index is 959. The highest BCUT2D eigenvalue weighted by atomic mass is 32.2. The molecule has 198 valence electrons. The summed E-state index contributed by atoms with van der Waals surface area (Å²) in [6, 6.07) is 9.26. The Morgan fingerprint density at radius 1 is 1.17 bits per heavy atom. The molecule has 3 unspecified atom stereocenters. The Balaban J connectivity index is 1.60. The number of amides is 3. The van der Waals surface area contributed by atoms with Crippen molar-refractivity contribution in [3.05, 3.63) is 35.9 Å². The highest BCUT2D eigenvalue weighted by Gasteiger charge is 2.76. The number of nitrogens with one attached hydrogen (secondary N) is 2. The largest absolute Gasteiger partial charge is 0.396 e. The number of rotatable bonds is 12. The fraction of sp³-hybridized carbons (Fsp3) is 0.679. The van der Waals surface area contributed by atoms with Gasteiger partial charge in [0.05, 0.1) is 16.6 Å². The molecular weight excluding hydrogens is 474 g/mol. The summed E-state index contributed by atoms with van der Waals surface area (Å²) in [6.07, 6.45) is 5.64. The second kappa shape index (κ2) is 11.1. The van der Waals surface area contributed by atoms with Gasteiger partial charge in [-0.05, 0) is 57.9 Å². The van der Waals surface area contributed by atoms with Crippen LogP contribution >= 0.6 is 11.8 Å². The molecule has 1 spiro atoms. The average molecular weight is 516 g/mol. The smallest absolute Gasteiger partial charge is 0.244 e. The van der Waals surface area contributed by atoms with Crippen molar-refractivity contribution in [2.45, 2.75) is 93.8 Å². The van der Waals surface area contributed by atoms with E-state index in [4.69, 9.17) is 0 Å². The van der Waals surface area contributed by atoms with Crippen LogP contribution in [-0.2, 0) is 20.9 Å². The predicted molar refractivity (Wildman–Crippen MR) is 142 cm³/mol. The molecule has 0 aromatic heterocycles. The van der Waals surface area contributed by atoms with E-state index in [2.05, 4.69) is 24.5 Å². The molecule has 3 aliphatic rings. The van der Waals surface area contributed by atoms with Gasteiger partial charge < -0.3 is 20.6 Å². The minimum Gasteiger partial charge on any atom is -0.396 e. The van der Waals surface area contributed by atoms with Crippen LogP contribution in [0.15, 0.2) is 30.3 Å². The number of aliphatic hydroxyl groups excluding tert-OH is 1. The molecule has 0 saturated carbocycles. The van der Waals surface area contributed by atoms with Crippen molar-refractivity contribution < 1.29 is 19.5 Å². The van der Waals surface area contributed by atoms with Crippen LogP contribution in [0.1, 0.15) is 71.3 Å². The molecule has 36 heavy (non-hydrogen) atoms. The second-order valence-electron chi connectivity index (χ2n) is 10.9. The number of unbranched alkanes of at least 4 members (excludes halogenated alkanes) is 2. The average Bonchev–Trinajstić information content (AvgIpc) is 3.42. The molecule has 3 aliphatic heterocycles. The number of likely N-dealkylation sites (tertiary alicyclic amines) is 1. The van der Waals surface area contributed by atoms with E-state index in [1.165, 1.54) is 0 Å². The number of hydrogen-bond acceptors (Lipinski definition) is 5. The van der Waals surface area contributed by atoms with Gasteiger partial charge in [0.1, 0.15) is 6.04 Å². The fourth-order valence-corrected chi connectivity index (χ4v) is 9.02. The number of carbonyl (C=O) groups excluding carboxylic acids is 3. The van der Waals surface area contributed by atoms with Crippen molar-refractivity contribution in [2.75, 3.05) is 13.2 Å². The van der Waals surface area contributed by atoms with E-state index in [-0.39, 0.29) is 35.1 Å². The first kappa shape index (κ1) is 27.0. The van der Waals surface area contributed by atoms with Crippen LogP contribution in [0, 0.1) is 11.8 Å². The maximum Gasteiger partial charge on any atom is 0.244 e. The summed E-state index contributed by atoms with van der Waals surface area (Å²) < 4.78 is -0.939. The summed E-state index contributed by atoms with van der Waals surface area (Å²) in [5, 5.41) is 15.5. The number of carbonyl (C=O) groups is 3. The van der Waals surface area contributed by atoms with E-state index in [0.717, 1.165) is 44.1 Å². The molecule has 0 radical (unpaired) electrons. The first-order valence-corrected chi connectivity index (χ1v) is 14.3. The van der Waals surface area contributed by atoms with Crippen molar-refractivity contribution in [1.82, 2.24) is 15.5 Å². The molecule has 6 atom stereocenters. The molecule has 4 rings (SSSR count). The van der Waals surface area contributed by atoms with Gasteiger partial charge in [0.2, 0.25) is 17.7 Å². The van der Waals surface area contributed by atoms with Crippen molar-refractivity contribution in [2.24, 2.45) is 11.8 Å². The lowest BCUT2D eigenvalue weighted by atomic mass is 9.66. The molecule has 2 bridgehead atoms. The normalized spacial score (nSPS) is 31.4. The minimum absolute atomic E-state index is 0.0356. The predicted octanol–water partition coefficient (Wildman–Crippen LogP) is 3.25. The fourth-order valence-electron chi connectivity index (χ4n) is 6.66. The maximum absolute atomic E-state index is 14.0. The lowest BCUT2D eigenvalue weighted by molar-refractivity contribution is -0.140. The van der Waals surface area contributed by atoms with Gasteiger partial charge in [-0.2, -0.15) is 0 Å². The lowest BCUT2D eigenvalue weighted by Crippen LogP contribution is -2.55. The van der Waals surface area contributed by atoms with Gasteiger partial charge in [-0.25, -0.2) is 0 Å². The highest BCUT2D eigenvalue weighted by Crippen LogP contribution is 2.71. The van der Waals surface area contributed by atoms with E-state index in [0.29, 0.717) is 19.5 Å². The van der Waals surface area contributed by atoms with Gasteiger partial charge in [-0.15, -0.1) is 11.8 Å². The van der Waals surface area contributed by atoms with Crippen LogP contribution < -0.4 is 10.6 Å². The number of fused-ring (bicyclic) bond motifs is 1. The number of hydrogen-bond donors (Lipinski definition) is 3. The molecule has 3 N–H and O–H groups in total. The summed E-state index contributed by atoms with van der Waals surface area (Å²) in [4.78, 5) is 43.1. The number of nitrogens with zero attached hydrogens (tertiary/aromatic N) is 1. The van der Waals surface area contributed by atoms with Gasteiger partial charge in [0.15, 0.2) is 0 Å². The Hall–Kier alpha value is -2.06. The molecule has 1 aromatic rings. The van der Waals surface area contributed by atoms with Crippen molar-refractivity contribution in [3.8, 4) is 0 Å². The van der Waals surface area contributed by atoms with Crippen LogP contribution in [0.2, 0.25) is 0 Å². The van der Waals surface area contributed by atoms with E-state index in [9.17, 15) is 19.5 Å². The maximum atomic E-state index is 14.0. The first-order chi connectivity index (χ1) is 17.3. The van der Waals surface area contributed by atoms with E-state index in [1.54, 1.807) is 16.7 Å². The molecular formula is C28H41N3O4S. The zero-order chi connectivity index (χ0) is 25.9. The summed E-state index contributed by atoms with van der Waals surface area (Å²) in [6.45, 7) is 7.24. The van der Waals surface area contributed by atoms with Crippen LogP contribution in [0.4, 0.5) is 0 Å². The zero-order valence-corrected chi connectivity index (χ0v) is 22.6. The second-order valence-corrected chi connectivity index (χ2v) is 12.8. The summed E-state index contributed by atoms with van der Waals surface area (Å²) in [7, 11) is 0. The Morgan fingerprint density at radius 3 is 2.61 bits per heavy atom. The van der Waals surface area contributed by atoms with Gasteiger partial charge >= 0.3 is 0 Å². The summed E-state index contributed by atoms with van der Waals surface area (Å²) in [5.74, 6) is -1.19. The Morgan fingerprint density at radius 2 is 1.92 bits per heavy atom. The summed E-state index contributed by atoms with van der Waals surface area (Å²) >= 11 is 1.71. The molecule has 3 saturated heterocycles. The van der Waals surface area contributed by atoms with Crippen molar-refractivity contribution in [1.29, 1.82) is 0 Å². The lowest BCUT2D eigenvalue weighted by Gasteiger charge is -2.35. The van der Waals surface area contributed by atoms with Crippen LogP contribution in [0.5, 0.6) is 0 Å². The highest BCUT2D eigenvalue weighted by molar-refractivity contribution is 8.02. The van der Waals surface area contributed by atoms with Gasteiger partial charge in [-0.3, -0.25) is 14.4 Å². The van der Waals surface area contributed by atoms with E-state index in [1.807, 2.05) is 37.3 Å². The topological polar surface area (TPSA) is 98.7 Å². The molecule has 0 aliphatic carbocycles. The third-order valence-corrected chi connectivity index (χ3v) is 10.3. The Labute approximate surface area is 219 Å². The van der Waals surface area contributed by atoms with Gasteiger partial charge in [0, 0.05) is 30.5 Å². The number of thioether (sulfide) groups is 1. The van der Waals surface area contributed by atoms with Gasteiger partial charge in [-0.1, -0.05) is 43.7 Å². The SMILES string of the molecule is CCCC(C)NC(=O)C1N(CCCCCO)C(=O)[C@@H]2[C@H](C(=O)NCc3ccccc3)[C@]3(C)CCC12S3. The number of benzene rings is 1. The third-order valence-electron chi connectivity index (χ3n) is 8.28. The Kier molecular flexibility index (Phi) is 8.35. The molecule has 3 heterocycles. The van der Waals surface area contributed by atoms with Crippen molar-refractivity contribution >= 4 is 29.5 Å². The molecule has 3 fully saturated rings. The number of aliphatic hydroxyl groups is 1. The third kappa shape index (κ3) is 4.91. The standard InChI is InChI=1S/C28H41N3O4S/c1-4-11-19(2)30-25(34)23-28-15-14-27(3,36-28)21(24(33)29-18-20-12-7-5-8-13-20)22(28)26(35)31(23)16-9-6-10-17-32/h5,7-8,12-13,19,21-23,32H,4,6,9-11,14-18H2,1-3H3,(H,29,33)(H,30,34)/t19?,21-,22+,23?,27+,28?/m1/s1. The van der Waals surface area contributed by atoms with Crippen LogP contribution in [-0.4, -0.2) is 62.5 Å². The van der Waals surface area contributed by atoms with E-state index >= 15 is 0 Å². The van der Waals surface area contributed by atoms with Gasteiger partial charge in [0.25, 0.3) is 0 Å². The first-order valence-electron chi connectivity index (χ1n) is 13.5. The van der Waals surface area contributed by atoms with E-state index < -0.39 is 22.6 Å². The monoisotopic (exact) mass is 515 g/mol. The minimum atomic E-state index is -0.576. The van der Waals surface area contributed by atoms with Crippen LogP contribution in [0.25, 0.3) is 0 Å². The quantitative estimate of drug-likeness (QED) is 0.371. The zero-order valence-electron chi connectivity index (χ0n) is 21.8.